The first-order valence-corrected chi connectivity index (χ1v) is 6.92. The second kappa shape index (κ2) is 8.25. The minimum absolute atomic E-state index is 0.131. The molecule has 0 saturated heterocycles. The summed E-state index contributed by atoms with van der Waals surface area (Å²) in [6, 6.07) is 4.53. The zero-order valence-corrected chi connectivity index (χ0v) is 12.3. The summed E-state index contributed by atoms with van der Waals surface area (Å²) in [5.74, 6) is 0.277. The molecule has 0 spiro atoms. The Kier molecular flexibility index (Phi) is 6.99. The molecule has 0 saturated carbocycles. The molecular weight excluding hydrogens is 287 g/mol. The van der Waals surface area contributed by atoms with E-state index in [1.165, 1.54) is 0 Å². The highest BCUT2D eigenvalue weighted by molar-refractivity contribution is 6.35. The average Bonchev–Trinajstić information content (AvgIpc) is 2.33. The summed E-state index contributed by atoms with van der Waals surface area (Å²) in [5.41, 5.74) is 0.546. The number of benzene rings is 1. The van der Waals surface area contributed by atoms with Crippen LogP contribution in [0.3, 0.4) is 0 Å². The molecule has 2 amide bonds. The molecule has 0 bridgehead atoms. The zero-order valence-electron chi connectivity index (χ0n) is 10.7. The van der Waals surface area contributed by atoms with E-state index in [4.69, 9.17) is 28.3 Å². The third-order valence-corrected chi connectivity index (χ3v) is 3.22. The molecule has 1 unspecified atom stereocenters. The number of hydrogen-bond donors (Lipinski definition) is 3. The van der Waals surface area contributed by atoms with Crippen LogP contribution in [-0.2, 0) is 0 Å². The number of anilines is 1. The molecular formula is C13H18Cl2N2O2. The maximum absolute atomic E-state index is 11.7. The molecule has 0 aliphatic heterocycles. The largest absolute Gasteiger partial charge is 0.396 e. The van der Waals surface area contributed by atoms with Crippen molar-refractivity contribution in [2.45, 2.75) is 19.8 Å². The van der Waals surface area contributed by atoms with Crippen molar-refractivity contribution in [1.29, 1.82) is 0 Å². The minimum Gasteiger partial charge on any atom is -0.396 e. The van der Waals surface area contributed by atoms with Gasteiger partial charge in [0.05, 0.1) is 0 Å². The standard InChI is InChI=1S/C13H18Cl2N2O2/c1-2-9(3-4-18)8-16-13(19)17-12-6-10(14)5-11(15)7-12/h5-7,9,18H,2-4,8H2,1H3,(H2,16,17,19). The predicted octanol–water partition coefficient (Wildman–Crippen LogP) is 3.52. The molecule has 3 N–H and O–H groups in total. The molecule has 19 heavy (non-hydrogen) atoms. The maximum atomic E-state index is 11.7. The van der Waals surface area contributed by atoms with Crippen LogP contribution in [0.15, 0.2) is 18.2 Å². The van der Waals surface area contributed by atoms with Crippen molar-refractivity contribution in [3.05, 3.63) is 28.2 Å². The molecule has 0 aliphatic carbocycles. The van der Waals surface area contributed by atoms with Crippen molar-refractivity contribution in [2.24, 2.45) is 5.92 Å². The zero-order chi connectivity index (χ0) is 14.3. The van der Waals surface area contributed by atoms with Gasteiger partial charge in [-0.25, -0.2) is 4.79 Å². The van der Waals surface area contributed by atoms with Crippen molar-refractivity contribution in [3.63, 3.8) is 0 Å². The molecule has 0 aliphatic rings. The summed E-state index contributed by atoms with van der Waals surface area (Å²) in [6.07, 6.45) is 1.59. The first-order chi connectivity index (χ1) is 9.05. The predicted molar refractivity (Wildman–Crippen MR) is 79.0 cm³/mol. The molecule has 4 nitrogen and oxygen atoms in total. The number of hydrogen-bond acceptors (Lipinski definition) is 2. The van der Waals surface area contributed by atoms with Gasteiger partial charge in [-0.05, 0) is 30.5 Å². The van der Waals surface area contributed by atoms with Crippen LogP contribution in [0.5, 0.6) is 0 Å². The van der Waals surface area contributed by atoms with Crippen LogP contribution >= 0.6 is 23.2 Å². The summed E-state index contributed by atoms with van der Waals surface area (Å²) in [6.45, 7) is 2.68. The van der Waals surface area contributed by atoms with Crippen molar-refractivity contribution >= 4 is 34.9 Å². The first kappa shape index (κ1) is 16.1. The number of aliphatic hydroxyl groups excluding tert-OH is 1. The molecule has 0 heterocycles. The second-order valence-corrected chi connectivity index (χ2v) is 5.15. The molecule has 1 aromatic carbocycles. The van der Waals surface area contributed by atoms with Crippen LogP contribution < -0.4 is 10.6 Å². The number of carbonyl (C=O) groups is 1. The summed E-state index contributed by atoms with van der Waals surface area (Å²) < 4.78 is 0. The molecule has 1 rings (SSSR count). The van der Waals surface area contributed by atoms with Gasteiger partial charge in [-0.15, -0.1) is 0 Å². The Morgan fingerprint density at radius 3 is 2.47 bits per heavy atom. The Balaban J connectivity index is 2.46. The Morgan fingerprint density at radius 1 is 1.32 bits per heavy atom. The highest BCUT2D eigenvalue weighted by atomic mass is 35.5. The van der Waals surface area contributed by atoms with Gasteiger partial charge in [0.1, 0.15) is 0 Å². The fourth-order valence-corrected chi connectivity index (χ4v) is 2.20. The molecule has 0 aromatic heterocycles. The van der Waals surface area contributed by atoms with Gasteiger partial charge in [-0.2, -0.15) is 0 Å². The smallest absolute Gasteiger partial charge is 0.319 e. The number of carbonyl (C=O) groups excluding carboxylic acids is 1. The van der Waals surface area contributed by atoms with Gasteiger partial charge in [0.2, 0.25) is 0 Å². The summed E-state index contributed by atoms with van der Waals surface area (Å²) in [4.78, 5) is 11.7. The average molecular weight is 305 g/mol. The Hall–Kier alpha value is -0.970. The lowest BCUT2D eigenvalue weighted by atomic mass is 10.0. The van der Waals surface area contributed by atoms with E-state index in [9.17, 15) is 4.79 Å². The van der Waals surface area contributed by atoms with E-state index in [1.807, 2.05) is 6.92 Å². The van der Waals surface area contributed by atoms with Crippen LogP contribution in [0, 0.1) is 5.92 Å². The van der Waals surface area contributed by atoms with E-state index in [1.54, 1.807) is 18.2 Å². The lowest BCUT2D eigenvalue weighted by Gasteiger charge is -2.15. The van der Waals surface area contributed by atoms with Gasteiger partial charge in [-0.3, -0.25) is 0 Å². The van der Waals surface area contributed by atoms with Crippen molar-refractivity contribution in [1.82, 2.24) is 5.32 Å². The number of halogens is 2. The number of nitrogens with one attached hydrogen (secondary N) is 2. The van der Waals surface area contributed by atoms with Crippen molar-refractivity contribution < 1.29 is 9.90 Å². The molecule has 106 valence electrons. The third-order valence-electron chi connectivity index (χ3n) is 2.79. The quantitative estimate of drug-likeness (QED) is 0.753. The molecule has 0 fully saturated rings. The van der Waals surface area contributed by atoms with E-state index < -0.39 is 0 Å². The van der Waals surface area contributed by atoms with Gasteiger partial charge >= 0.3 is 6.03 Å². The van der Waals surface area contributed by atoms with Gasteiger partial charge in [0.15, 0.2) is 0 Å². The monoisotopic (exact) mass is 304 g/mol. The van der Waals surface area contributed by atoms with E-state index in [0.717, 1.165) is 6.42 Å². The lowest BCUT2D eigenvalue weighted by Crippen LogP contribution is -2.33. The van der Waals surface area contributed by atoms with E-state index in [0.29, 0.717) is 28.7 Å². The van der Waals surface area contributed by atoms with Gasteiger partial charge in [-0.1, -0.05) is 36.5 Å². The highest BCUT2D eigenvalue weighted by Gasteiger charge is 2.08. The van der Waals surface area contributed by atoms with E-state index in [2.05, 4.69) is 10.6 Å². The fraction of sp³-hybridized carbons (Fsp3) is 0.462. The Bertz CT molecular complexity index is 407. The second-order valence-electron chi connectivity index (χ2n) is 4.28. The van der Waals surface area contributed by atoms with Crippen LogP contribution in [0.4, 0.5) is 10.5 Å². The number of urea groups is 1. The van der Waals surface area contributed by atoms with Gasteiger partial charge in [0.25, 0.3) is 0 Å². The van der Waals surface area contributed by atoms with Crippen molar-refractivity contribution in [2.75, 3.05) is 18.5 Å². The summed E-state index contributed by atoms with van der Waals surface area (Å²) in [7, 11) is 0. The van der Waals surface area contributed by atoms with Crippen LogP contribution in [0.25, 0.3) is 0 Å². The van der Waals surface area contributed by atoms with E-state index >= 15 is 0 Å². The van der Waals surface area contributed by atoms with Crippen LogP contribution in [0.2, 0.25) is 10.0 Å². The highest BCUT2D eigenvalue weighted by Crippen LogP contribution is 2.22. The van der Waals surface area contributed by atoms with E-state index in [-0.39, 0.29) is 18.6 Å². The minimum atomic E-state index is -0.310. The number of aliphatic hydroxyl groups is 1. The summed E-state index contributed by atoms with van der Waals surface area (Å²) >= 11 is 11.7. The molecule has 0 radical (unpaired) electrons. The Morgan fingerprint density at radius 2 is 1.95 bits per heavy atom. The number of amides is 2. The number of rotatable bonds is 6. The first-order valence-electron chi connectivity index (χ1n) is 6.17. The van der Waals surface area contributed by atoms with Crippen LogP contribution in [-0.4, -0.2) is 24.3 Å². The Labute approximate surface area is 123 Å². The lowest BCUT2D eigenvalue weighted by molar-refractivity contribution is 0.238. The fourth-order valence-electron chi connectivity index (χ4n) is 1.67. The maximum Gasteiger partial charge on any atom is 0.319 e. The normalized spacial score (nSPS) is 12.0. The third kappa shape index (κ3) is 6.14. The molecule has 1 atom stereocenters. The van der Waals surface area contributed by atoms with Crippen molar-refractivity contribution in [3.8, 4) is 0 Å². The van der Waals surface area contributed by atoms with Gasteiger partial charge in [0, 0.05) is 28.9 Å². The summed E-state index contributed by atoms with van der Waals surface area (Å²) in [5, 5.41) is 15.2. The molecule has 6 heteroatoms. The molecule has 1 aromatic rings. The van der Waals surface area contributed by atoms with Crippen LogP contribution in [0.1, 0.15) is 19.8 Å². The topological polar surface area (TPSA) is 61.4 Å². The van der Waals surface area contributed by atoms with Gasteiger partial charge < -0.3 is 15.7 Å². The SMILES string of the molecule is CCC(CCO)CNC(=O)Nc1cc(Cl)cc(Cl)c1.